The maximum absolute atomic E-state index is 13.1. The van der Waals surface area contributed by atoms with Crippen molar-refractivity contribution < 1.29 is 28.0 Å². The molecular formula is C21H18N4O7S. The molecule has 33 heavy (non-hydrogen) atoms. The first-order chi connectivity index (χ1) is 15.7. The highest BCUT2D eigenvalue weighted by molar-refractivity contribution is 7.93. The zero-order valence-electron chi connectivity index (χ0n) is 17.1. The number of nitrogens with one attached hydrogen (secondary N) is 2. The van der Waals surface area contributed by atoms with Gasteiger partial charge in [0, 0.05) is 12.1 Å². The smallest absolute Gasteiger partial charge is 0.337 e. The van der Waals surface area contributed by atoms with Gasteiger partial charge in [-0.15, -0.1) is 0 Å². The third-order valence-corrected chi connectivity index (χ3v) is 5.77. The minimum atomic E-state index is -4.44. The van der Waals surface area contributed by atoms with E-state index in [1.54, 1.807) is 24.3 Å². The van der Waals surface area contributed by atoms with Crippen molar-refractivity contribution in [2.24, 2.45) is 5.10 Å². The molecule has 0 aliphatic carbocycles. The number of carboxylic acid groups (broad SMARTS) is 1. The number of nitro benzene ring substituents is 1. The van der Waals surface area contributed by atoms with Gasteiger partial charge in [0.2, 0.25) is 0 Å². The number of hydrazone groups is 1. The van der Waals surface area contributed by atoms with E-state index in [1.165, 1.54) is 43.7 Å². The van der Waals surface area contributed by atoms with Crippen LogP contribution in [0, 0.1) is 10.1 Å². The molecular weight excluding hydrogens is 452 g/mol. The maximum atomic E-state index is 13.1. The molecule has 0 saturated carbocycles. The summed E-state index contributed by atoms with van der Waals surface area (Å²) in [6, 6.07) is 15.5. The van der Waals surface area contributed by atoms with Crippen LogP contribution in [-0.4, -0.2) is 37.7 Å². The summed E-state index contributed by atoms with van der Waals surface area (Å²) in [5.41, 5.74) is 2.22. The van der Waals surface area contributed by atoms with Crippen molar-refractivity contribution in [3.05, 3.63) is 88.0 Å². The summed E-state index contributed by atoms with van der Waals surface area (Å²) in [7, 11) is -2.92. The van der Waals surface area contributed by atoms with Crippen molar-refractivity contribution in [2.75, 3.05) is 17.3 Å². The number of non-ortho nitro benzene ring substituents is 1. The van der Waals surface area contributed by atoms with E-state index in [0.717, 1.165) is 12.1 Å². The molecule has 3 aromatic rings. The molecule has 3 aromatic carbocycles. The van der Waals surface area contributed by atoms with E-state index < -0.39 is 31.5 Å². The number of rotatable bonds is 9. The standard InChI is InChI=1S/C21H18N4O7S/c1-32-16-6-4-5-14(11-16)13-22-23-19-10-9-15(25(28)29)12-20(19)33(30,31)24-18-8-3-2-7-17(18)21(26)27/h2-13,23-24H,1H3,(H,26,27). The van der Waals surface area contributed by atoms with E-state index in [4.69, 9.17) is 4.74 Å². The number of carbonyl (C=O) groups is 1. The number of para-hydroxylation sites is 1. The number of benzene rings is 3. The van der Waals surface area contributed by atoms with Crippen molar-refractivity contribution in [1.29, 1.82) is 0 Å². The van der Waals surface area contributed by atoms with Crippen LogP contribution in [0.3, 0.4) is 0 Å². The molecule has 0 aromatic heterocycles. The van der Waals surface area contributed by atoms with E-state index in [1.807, 2.05) is 0 Å². The molecule has 0 fully saturated rings. The Kier molecular flexibility index (Phi) is 6.88. The number of nitrogens with zero attached hydrogens (tertiary/aromatic N) is 2. The lowest BCUT2D eigenvalue weighted by atomic mass is 10.2. The molecule has 0 bridgehead atoms. The quantitative estimate of drug-likeness (QED) is 0.243. The molecule has 12 heteroatoms. The number of methoxy groups -OCH3 is 1. The van der Waals surface area contributed by atoms with Crippen molar-refractivity contribution in [3.8, 4) is 5.75 Å². The average Bonchev–Trinajstić information content (AvgIpc) is 2.79. The molecule has 11 nitrogen and oxygen atoms in total. The molecule has 0 aliphatic heterocycles. The van der Waals surface area contributed by atoms with Crippen LogP contribution in [0.4, 0.5) is 17.1 Å². The van der Waals surface area contributed by atoms with E-state index in [0.29, 0.717) is 11.3 Å². The van der Waals surface area contributed by atoms with Crippen LogP contribution in [-0.2, 0) is 10.0 Å². The van der Waals surface area contributed by atoms with Gasteiger partial charge in [-0.2, -0.15) is 5.10 Å². The molecule has 0 unspecified atom stereocenters. The van der Waals surface area contributed by atoms with Gasteiger partial charge >= 0.3 is 5.97 Å². The summed E-state index contributed by atoms with van der Waals surface area (Å²) in [6.07, 6.45) is 1.41. The number of hydrogen-bond acceptors (Lipinski definition) is 8. The number of nitro groups is 1. The van der Waals surface area contributed by atoms with Crippen LogP contribution in [0.5, 0.6) is 5.75 Å². The van der Waals surface area contributed by atoms with Crippen LogP contribution in [0.1, 0.15) is 15.9 Å². The minimum Gasteiger partial charge on any atom is -0.497 e. The highest BCUT2D eigenvalue weighted by Gasteiger charge is 2.24. The van der Waals surface area contributed by atoms with Crippen molar-refractivity contribution >= 4 is 39.3 Å². The molecule has 0 saturated heterocycles. The number of hydrogen-bond donors (Lipinski definition) is 3. The Morgan fingerprint density at radius 2 is 1.85 bits per heavy atom. The first-order valence-electron chi connectivity index (χ1n) is 9.28. The minimum absolute atomic E-state index is 0.0555. The van der Waals surface area contributed by atoms with Gasteiger partial charge in [0.25, 0.3) is 15.7 Å². The molecule has 0 radical (unpaired) electrons. The molecule has 0 heterocycles. The molecule has 0 aliphatic rings. The summed E-state index contributed by atoms with van der Waals surface area (Å²) < 4.78 is 33.4. The highest BCUT2D eigenvalue weighted by Crippen LogP contribution is 2.29. The maximum Gasteiger partial charge on any atom is 0.337 e. The van der Waals surface area contributed by atoms with Gasteiger partial charge in [0.15, 0.2) is 0 Å². The predicted octanol–water partition coefficient (Wildman–Crippen LogP) is 3.55. The van der Waals surface area contributed by atoms with Gasteiger partial charge in [-0.3, -0.25) is 20.3 Å². The number of sulfonamides is 1. The summed E-state index contributed by atoms with van der Waals surface area (Å²) >= 11 is 0. The lowest BCUT2D eigenvalue weighted by Crippen LogP contribution is -2.17. The van der Waals surface area contributed by atoms with Gasteiger partial charge in [0.1, 0.15) is 10.6 Å². The normalized spacial score (nSPS) is 11.2. The van der Waals surface area contributed by atoms with Gasteiger partial charge in [0.05, 0.1) is 35.2 Å². The van der Waals surface area contributed by atoms with Gasteiger partial charge in [-0.25, -0.2) is 13.2 Å². The Morgan fingerprint density at radius 3 is 2.55 bits per heavy atom. The van der Waals surface area contributed by atoms with Crippen molar-refractivity contribution in [3.63, 3.8) is 0 Å². The first kappa shape index (κ1) is 23.2. The van der Waals surface area contributed by atoms with Crippen molar-refractivity contribution in [2.45, 2.75) is 4.90 Å². The SMILES string of the molecule is COc1cccc(C=NNc2ccc([N+](=O)[O-])cc2S(=O)(=O)Nc2ccccc2C(=O)O)c1. The van der Waals surface area contributed by atoms with Crippen LogP contribution in [0.2, 0.25) is 0 Å². The van der Waals surface area contributed by atoms with Gasteiger partial charge in [-0.1, -0.05) is 24.3 Å². The van der Waals surface area contributed by atoms with Crippen LogP contribution >= 0.6 is 0 Å². The Morgan fingerprint density at radius 1 is 1.09 bits per heavy atom. The molecule has 0 atom stereocenters. The second kappa shape index (κ2) is 9.78. The number of anilines is 2. The zero-order valence-corrected chi connectivity index (χ0v) is 17.9. The zero-order chi connectivity index (χ0) is 24.0. The summed E-state index contributed by atoms with van der Waals surface area (Å²) in [6.45, 7) is 0. The summed E-state index contributed by atoms with van der Waals surface area (Å²) in [5, 5.41) is 24.5. The lowest BCUT2D eigenvalue weighted by Gasteiger charge is -2.13. The second-order valence-electron chi connectivity index (χ2n) is 6.54. The second-order valence-corrected chi connectivity index (χ2v) is 8.19. The van der Waals surface area contributed by atoms with E-state index in [9.17, 15) is 28.4 Å². The fourth-order valence-electron chi connectivity index (χ4n) is 2.80. The number of aromatic carboxylic acids is 1. The van der Waals surface area contributed by atoms with E-state index >= 15 is 0 Å². The molecule has 3 rings (SSSR count). The first-order valence-corrected chi connectivity index (χ1v) is 10.8. The number of ether oxygens (including phenoxy) is 1. The third-order valence-electron chi connectivity index (χ3n) is 4.36. The Bertz CT molecular complexity index is 1340. The van der Waals surface area contributed by atoms with E-state index in [2.05, 4.69) is 15.2 Å². The van der Waals surface area contributed by atoms with Crippen LogP contribution < -0.4 is 14.9 Å². The monoisotopic (exact) mass is 470 g/mol. The molecule has 0 spiro atoms. The fourth-order valence-corrected chi connectivity index (χ4v) is 4.05. The average molecular weight is 470 g/mol. The van der Waals surface area contributed by atoms with Crippen molar-refractivity contribution in [1.82, 2.24) is 0 Å². The van der Waals surface area contributed by atoms with E-state index in [-0.39, 0.29) is 16.9 Å². The van der Waals surface area contributed by atoms with Crippen LogP contribution in [0.15, 0.2) is 76.7 Å². The number of carboxylic acids is 1. The Balaban J connectivity index is 1.97. The third kappa shape index (κ3) is 5.62. The predicted molar refractivity (Wildman–Crippen MR) is 122 cm³/mol. The molecule has 0 amide bonds. The molecule has 3 N–H and O–H groups in total. The van der Waals surface area contributed by atoms with Gasteiger partial charge < -0.3 is 9.84 Å². The fraction of sp³-hybridized carbons (Fsp3) is 0.0476. The molecule has 170 valence electrons. The Labute approximate surface area is 188 Å². The highest BCUT2D eigenvalue weighted by atomic mass is 32.2. The summed E-state index contributed by atoms with van der Waals surface area (Å²) in [5.74, 6) is -0.743. The summed E-state index contributed by atoms with van der Waals surface area (Å²) in [4.78, 5) is 21.4. The Hall–Kier alpha value is -4.45. The van der Waals surface area contributed by atoms with Crippen LogP contribution in [0.25, 0.3) is 0 Å². The lowest BCUT2D eigenvalue weighted by molar-refractivity contribution is -0.385. The topological polar surface area (TPSA) is 160 Å². The largest absolute Gasteiger partial charge is 0.497 e. The van der Waals surface area contributed by atoms with Gasteiger partial charge in [-0.05, 0) is 35.9 Å².